The van der Waals surface area contributed by atoms with Crippen LogP contribution in [0.5, 0.6) is 0 Å². The van der Waals surface area contributed by atoms with Crippen molar-refractivity contribution in [2.24, 2.45) is 0 Å². The van der Waals surface area contributed by atoms with Gasteiger partial charge in [0.1, 0.15) is 0 Å². The van der Waals surface area contributed by atoms with Crippen molar-refractivity contribution in [1.82, 2.24) is 24.2 Å². The fourth-order valence-electron chi connectivity index (χ4n) is 3.72. The summed E-state index contributed by atoms with van der Waals surface area (Å²) in [5.41, 5.74) is 0. The summed E-state index contributed by atoms with van der Waals surface area (Å²) in [5.74, 6) is 1.03. The maximum atomic E-state index is 12.8. The number of morpholine rings is 1. The Morgan fingerprint density at radius 3 is 2.41 bits per heavy atom. The summed E-state index contributed by atoms with van der Waals surface area (Å²) >= 11 is 5.86. The molecule has 0 aliphatic carbocycles. The van der Waals surface area contributed by atoms with Crippen LogP contribution in [0.25, 0.3) is 0 Å². The van der Waals surface area contributed by atoms with Gasteiger partial charge in [-0.25, -0.2) is 8.42 Å². The lowest BCUT2D eigenvalue weighted by molar-refractivity contribution is -0.135. The van der Waals surface area contributed by atoms with E-state index in [1.807, 2.05) is 0 Å². The third-order valence-corrected chi connectivity index (χ3v) is 7.74. The molecular weight excluding hydrogens is 458 g/mol. The van der Waals surface area contributed by atoms with Gasteiger partial charge in [-0.1, -0.05) is 16.8 Å². The summed E-state index contributed by atoms with van der Waals surface area (Å²) in [6, 6.07) is 6.20. The average Bonchev–Trinajstić information content (AvgIpc) is 3.26. The largest absolute Gasteiger partial charge is 0.378 e. The summed E-state index contributed by atoms with van der Waals surface area (Å²) in [6.07, 6.45) is 0.721. The van der Waals surface area contributed by atoms with E-state index in [4.69, 9.17) is 20.9 Å². The van der Waals surface area contributed by atoms with Gasteiger partial charge in [0.2, 0.25) is 21.8 Å². The normalized spacial score (nSPS) is 18.7. The van der Waals surface area contributed by atoms with Gasteiger partial charge >= 0.3 is 0 Å². The van der Waals surface area contributed by atoms with Crippen LogP contribution in [0, 0.1) is 0 Å². The van der Waals surface area contributed by atoms with Gasteiger partial charge in [0.25, 0.3) is 0 Å². The first-order valence-corrected chi connectivity index (χ1v) is 12.4. The van der Waals surface area contributed by atoms with Gasteiger partial charge < -0.3 is 14.2 Å². The number of rotatable bonds is 7. The second kappa shape index (κ2) is 10.3. The minimum Gasteiger partial charge on any atom is -0.378 e. The first-order valence-electron chi connectivity index (χ1n) is 10.6. The van der Waals surface area contributed by atoms with E-state index >= 15 is 0 Å². The summed E-state index contributed by atoms with van der Waals surface area (Å²) in [6.45, 7) is 4.73. The Labute approximate surface area is 192 Å². The number of piperazine rings is 1. The summed E-state index contributed by atoms with van der Waals surface area (Å²) in [4.78, 5) is 20.7. The molecule has 10 nitrogen and oxygen atoms in total. The highest BCUT2D eigenvalue weighted by Crippen LogP contribution is 2.20. The van der Waals surface area contributed by atoms with E-state index in [0.717, 1.165) is 0 Å². The molecule has 2 saturated heterocycles. The van der Waals surface area contributed by atoms with Gasteiger partial charge in [-0.2, -0.15) is 9.29 Å². The lowest BCUT2D eigenvalue weighted by atomic mass is 10.2. The number of hydrogen-bond acceptors (Lipinski definition) is 8. The highest BCUT2D eigenvalue weighted by atomic mass is 35.5. The van der Waals surface area contributed by atoms with E-state index in [-0.39, 0.29) is 10.8 Å². The van der Waals surface area contributed by atoms with E-state index < -0.39 is 10.0 Å². The molecule has 4 rings (SSSR count). The van der Waals surface area contributed by atoms with Crippen molar-refractivity contribution in [2.75, 3.05) is 52.5 Å². The van der Waals surface area contributed by atoms with Crippen molar-refractivity contribution in [2.45, 2.75) is 24.3 Å². The number of aryl methyl sites for hydroxylation is 1. The lowest BCUT2D eigenvalue weighted by Gasteiger charge is -2.33. The maximum absolute atomic E-state index is 12.8. The molecule has 0 spiro atoms. The minimum absolute atomic E-state index is 0.0612. The molecule has 32 heavy (non-hydrogen) atoms. The Morgan fingerprint density at radius 2 is 1.72 bits per heavy atom. The molecular formula is C20H26ClN5O5S. The molecule has 0 saturated carbocycles. The average molecular weight is 484 g/mol. The van der Waals surface area contributed by atoms with Crippen LogP contribution in [0.15, 0.2) is 33.7 Å². The Kier molecular flexibility index (Phi) is 7.41. The Morgan fingerprint density at radius 1 is 1.03 bits per heavy atom. The van der Waals surface area contributed by atoms with Gasteiger partial charge in [-0.3, -0.25) is 9.69 Å². The van der Waals surface area contributed by atoms with Crippen molar-refractivity contribution in [3.05, 3.63) is 41.0 Å². The number of nitrogens with zero attached hydrogens (tertiary/aromatic N) is 5. The molecule has 0 N–H and O–H groups in total. The molecule has 0 radical (unpaired) electrons. The molecule has 2 fully saturated rings. The number of sulfonamides is 1. The molecule has 2 aromatic rings. The van der Waals surface area contributed by atoms with Crippen LogP contribution in [-0.4, -0.2) is 91.1 Å². The maximum Gasteiger partial charge on any atom is 0.243 e. The van der Waals surface area contributed by atoms with E-state index in [1.165, 1.54) is 16.4 Å². The Hall–Kier alpha value is -2.05. The van der Waals surface area contributed by atoms with Crippen molar-refractivity contribution in [3.8, 4) is 0 Å². The molecule has 12 heteroatoms. The number of carbonyl (C=O) groups excluding carboxylic acids is 1. The topological polar surface area (TPSA) is 109 Å². The van der Waals surface area contributed by atoms with Gasteiger partial charge in [0.05, 0.1) is 24.7 Å². The number of carbonyl (C=O) groups is 1. The van der Waals surface area contributed by atoms with E-state index in [0.29, 0.717) is 88.6 Å². The summed E-state index contributed by atoms with van der Waals surface area (Å²) in [5, 5.41) is 4.51. The molecule has 0 bridgehead atoms. The Balaban J connectivity index is 1.24. The zero-order valence-corrected chi connectivity index (χ0v) is 19.2. The number of ether oxygens (including phenoxy) is 1. The zero-order valence-electron chi connectivity index (χ0n) is 17.7. The molecule has 1 aromatic carbocycles. The number of amides is 1. The van der Waals surface area contributed by atoms with Gasteiger partial charge in [0.15, 0.2) is 5.82 Å². The van der Waals surface area contributed by atoms with Crippen LogP contribution in [0.1, 0.15) is 18.1 Å². The summed E-state index contributed by atoms with van der Waals surface area (Å²) in [7, 11) is -3.54. The second-order valence-electron chi connectivity index (χ2n) is 7.73. The van der Waals surface area contributed by atoms with Crippen molar-refractivity contribution >= 4 is 27.5 Å². The molecule has 0 atom stereocenters. The van der Waals surface area contributed by atoms with Crippen molar-refractivity contribution in [3.63, 3.8) is 0 Å². The first kappa shape index (κ1) is 23.1. The third kappa shape index (κ3) is 5.65. The molecule has 0 unspecified atom stereocenters. The lowest BCUT2D eigenvalue weighted by Crippen LogP contribution is -2.48. The highest BCUT2D eigenvalue weighted by Gasteiger charge is 2.29. The number of hydrogen-bond donors (Lipinski definition) is 0. The number of benzene rings is 1. The van der Waals surface area contributed by atoms with Crippen molar-refractivity contribution in [1.29, 1.82) is 0 Å². The minimum atomic E-state index is -3.54. The molecule has 1 aromatic heterocycles. The first-order chi connectivity index (χ1) is 15.4. The van der Waals surface area contributed by atoms with E-state index in [2.05, 4.69) is 15.0 Å². The van der Waals surface area contributed by atoms with Crippen LogP contribution in [0.4, 0.5) is 0 Å². The molecule has 1 amide bonds. The van der Waals surface area contributed by atoms with E-state index in [1.54, 1.807) is 17.0 Å². The SMILES string of the molecule is O=C(CCc1nc(CN2CCN(S(=O)(=O)c3ccc(Cl)cc3)CC2)no1)N1CCOCC1. The quantitative estimate of drug-likeness (QED) is 0.574. The second-order valence-corrected chi connectivity index (χ2v) is 10.1. The fraction of sp³-hybridized carbons (Fsp3) is 0.550. The third-order valence-electron chi connectivity index (χ3n) is 5.57. The predicted molar refractivity (Wildman–Crippen MR) is 116 cm³/mol. The molecule has 3 heterocycles. The predicted octanol–water partition coefficient (Wildman–Crippen LogP) is 1.02. The van der Waals surface area contributed by atoms with Gasteiger partial charge in [-0.15, -0.1) is 0 Å². The standard InChI is InChI=1S/C20H26ClN5O5S/c21-16-1-3-17(4-2-16)32(28,29)26-9-7-24(8-10-26)15-18-22-19(31-23-18)5-6-20(27)25-11-13-30-14-12-25/h1-4H,5-15H2. The van der Waals surface area contributed by atoms with Crippen LogP contribution in [0.2, 0.25) is 5.02 Å². The van der Waals surface area contributed by atoms with Crippen LogP contribution >= 0.6 is 11.6 Å². The summed E-state index contributed by atoms with van der Waals surface area (Å²) < 4.78 is 37.6. The van der Waals surface area contributed by atoms with Gasteiger partial charge in [-0.05, 0) is 24.3 Å². The van der Waals surface area contributed by atoms with Crippen LogP contribution in [-0.2, 0) is 32.5 Å². The highest BCUT2D eigenvalue weighted by molar-refractivity contribution is 7.89. The van der Waals surface area contributed by atoms with Crippen LogP contribution < -0.4 is 0 Å². The molecule has 2 aliphatic heterocycles. The smallest absolute Gasteiger partial charge is 0.243 e. The van der Waals surface area contributed by atoms with Crippen molar-refractivity contribution < 1.29 is 22.5 Å². The van der Waals surface area contributed by atoms with Gasteiger partial charge in [0, 0.05) is 57.1 Å². The molecule has 2 aliphatic rings. The van der Waals surface area contributed by atoms with E-state index in [9.17, 15) is 13.2 Å². The molecule has 174 valence electrons. The van der Waals surface area contributed by atoms with Crippen LogP contribution in [0.3, 0.4) is 0 Å². The zero-order chi connectivity index (χ0) is 22.6. The monoisotopic (exact) mass is 483 g/mol. The Bertz CT molecular complexity index is 1020. The fourth-order valence-corrected chi connectivity index (χ4v) is 5.27. The number of halogens is 1. The number of aromatic nitrogens is 2.